The minimum absolute atomic E-state index is 0.0618. The molecule has 0 unspecified atom stereocenters. The summed E-state index contributed by atoms with van der Waals surface area (Å²) in [7, 11) is 3.19. The highest BCUT2D eigenvalue weighted by molar-refractivity contribution is 6.40. The lowest BCUT2D eigenvalue weighted by Crippen LogP contribution is -2.42. The molecule has 5 heteroatoms. The van der Waals surface area contributed by atoms with Gasteiger partial charge in [0, 0.05) is 24.3 Å². The first-order valence-corrected chi connectivity index (χ1v) is 8.14. The second-order valence-corrected chi connectivity index (χ2v) is 6.60. The van der Waals surface area contributed by atoms with E-state index in [0.717, 1.165) is 12.8 Å². The Labute approximate surface area is 131 Å². The van der Waals surface area contributed by atoms with Crippen molar-refractivity contribution in [1.82, 2.24) is 0 Å². The lowest BCUT2D eigenvalue weighted by Gasteiger charge is -2.32. The summed E-state index contributed by atoms with van der Waals surface area (Å²) in [5.41, 5.74) is 0. The summed E-state index contributed by atoms with van der Waals surface area (Å²) in [6, 6.07) is 0. The fourth-order valence-corrected chi connectivity index (χ4v) is 4.73. The van der Waals surface area contributed by atoms with Crippen molar-refractivity contribution >= 4 is 23.2 Å². The molecule has 1 N–H and O–H groups in total. The predicted octanol–water partition coefficient (Wildman–Crippen LogP) is 3.87. The summed E-state index contributed by atoms with van der Waals surface area (Å²) in [5.74, 6) is -1.36. The second-order valence-electron chi connectivity index (χ2n) is 5.78. The molecule has 0 aromatic carbocycles. The number of hydrogen-bond acceptors (Lipinski definition) is 3. The van der Waals surface area contributed by atoms with E-state index >= 15 is 0 Å². The van der Waals surface area contributed by atoms with Crippen LogP contribution in [0.4, 0.5) is 0 Å². The molecule has 4 atom stereocenters. The Morgan fingerprint density at radius 1 is 1.05 bits per heavy atom. The fraction of sp³-hybridized carbons (Fsp3) is 0.867. The number of aliphatic hydroxyl groups is 1. The van der Waals surface area contributed by atoms with E-state index in [1.807, 2.05) is 0 Å². The van der Waals surface area contributed by atoms with Crippen LogP contribution in [0.2, 0.25) is 0 Å². The van der Waals surface area contributed by atoms with Crippen molar-refractivity contribution in [1.29, 1.82) is 0 Å². The van der Waals surface area contributed by atoms with Gasteiger partial charge in [-0.05, 0) is 12.3 Å². The molecule has 0 aliphatic heterocycles. The van der Waals surface area contributed by atoms with Crippen LogP contribution in [0.5, 0.6) is 0 Å². The van der Waals surface area contributed by atoms with Gasteiger partial charge in [0.2, 0.25) is 0 Å². The van der Waals surface area contributed by atoms with Crippen LogP contribution in [0.3, 0.4) is 0 Å². The molecule has 0 aromatic heterocycles. The van der Waals surface area contributed by atoms with Crippen LogP contribution < -0.4 is 0 Å². The van der Waals surface area contributed by atoms with Gasteiger partial charge in [-0.2, -0.15) is 0 Å². The van der Waals surface area contributed by atoms with E-state index in [1.165, 1.54) is 19.3 Å². The van der Waals surface area contributed by atoms with Crippen LogP contribution in [0.1, 0.15) is 39.0 Å². The summed E-state index contributed by atoms with van der Waals surface area (Å²) < 4.78 is 11.2. The van der Waals surface area contributed by atoms with E-state index in [0.29, 0.717) is 10.1 Å². The molecule has 0 aromatic rings. The summed E-state index contributed by atoms with van der Waals surface area (Å²) in [6.45, 7) is 2.19. The van der Waals surface area contributed by atoms with Crippen LogP contribution in [-0.2, 0) is 9.47 Å². The van der Waals surface area contributed by atoms with Crippen molar-refractivity contribution < 1.29 is 14.6 Å². The number of halogens is 2. The van der Waals surface area contributed by atoms with Crippen molar-refractivity contribution in [3.63, 3.8) is 0 Å². The Kier molecular flexibility index (Phi) is 5.41. The zero-order valence-corrected chi connectivity index (χ0v) is 13.9. The number of ether oxygens (including phenoxy) is 2. The maximum Gasteiger partial charge on any atom is 0.185 e. The van der Waals surface area contributed by atoms with Gasteiger partial charge in [-0.25, -0.2) is 0 Å². The number of unbranched alkanes of at least 4 members (excludes halogenated alkanes) is 3. The molecular weight excluding hydrogens is 299 g/mol. The maximum atomic E-state index is 10.6. The van der Waals surface area contributed by atoms with Crippen molar-refractivity contribution in [3.05, 3.63) is 10.1 Å². The standard InChI is InChI=1S/C15H24Cl2O3/c1-4-5-6-7-8-9-10-12(16)13(17)11(14(9)18)15(10,19-2)20-3/h9-11,14,18H,4-8H2,1-3H3/t9-,10-,11-,14-/m0/s1. The van der Waals surface area contributed by atoms with Crippen molar-refractivity contribution in [2.24, 2.45) is 17.8 Å². The third-order valence-electron chi connectivity index (χ3n) is 4.88. The first kappa shape index (κ1) is 16.6. The van der Waals surface area contributed by atoms with Crippen LogP contribution in [0.25, 0.3) is 0 Å². The van der Waals surface area contributed by atoms with Gasteiger partial charge in [0.1, 0.15) is 0 Å². The number of rotatable bonds is 7. The number of fused-ring (bicyclic) bond motifs is 2. The van der Waals surface area contributed by atoms with E-state index in [1.54, 1.807) is 14.2 Å². The number of hydrogen-bond donors (Lipinski definition) is 1. The molecular formula is C15H24Cl2O3. The van der Waals surface area contributed by atoms with E-state index in [-0.39, 0.29) is 17.8 Å². The van der Waals surface area contributed by atoms with E-state index in [4.69, 9.17) is 32.7 Å². The van der Waals surface area contributed by atoms with Crippen LogP contribution in [0.15, 0.2) is 10.1 Å². The molecule has 20 heavy (non-hydrogen) atoms. The zero-order chi connectivity index (χ0) is 14.9. The minimum Gasteiger partial charge on any atom is -0.392 e. The molecule has 1 saturated carbocycles. The normalized spacial score (nSPS) is 35.1. The largest absolute Gasteiger partial charge is 0.392 e. The highest BCUT2D eigenvalue weighted by Crippen LogP contribution is 2.62. The Balaban J connectivity index is 2.16. The topological polar surface area (TPSA) is 38.7 Å². The lowest BCUT2D eigenvalue weighted by atomic mass is 9.86. The molecule has 0 amide bonds. The van der Waals surface area contributed by atoms with Gasteiger partial charge in [-0.3, -0.25) is 0 Å². The van der Waals surface area contributed by atoms with Gasteiger partial charge in [-0.1, -0.05) is 55.8 Å². The first-order valence-electron chi connectivity index (χ1n) is 7.38. The molecule has 0 saturated heterocycles. The maximum absolute atomic E-state index is 10.6. The highest BCUT2D eigenvalue weighted by Gasteiger charge is 2.68. The van der Waals surface area contributed by atoms with Crippen molar-refractivity contribution in [2.75, 3.05) is 14.2 Å². The molecule has 2 aliphatic rings. The molecule has 2 bridgehead atoms. The Morgan fingerprint density at radius 3 is 2.15 bits per heavy atom. The van der Waals surface area contributed by atoms with Gasteiger partial charge >= 0.3 is 0 Å². The summed E-state index contributed by atoms with van der Waals surface area (Å²) in [6.07, 6.45) is 5.07. The Bertz CT molecular complexity index is 379. The molecule has 0 heterocycles. The summed E-state index contributed by atoms with van der Waals surface area (Å²) >= 11 is 12.7. The molecule has 2 aliphatic carbocycles. The monoisotopic (exact) mass is 322 g/mol. The molecule has 2 rings (SSSR count). The molecule has 0 radical (unpaired) electrons. The Hall–Kier alpha value is 0.200. The molecule has 0 spiro atoms. The average Bonchev–Trinajstić information content (AvgIpc) is 2.82. The molecule has 3 nitrogen and oxygen atoms in total. The van der Waals surface area contributed by atoms with Gasteiger partial charge in [0.25, 0.3) is 0 Å². The van der Waals surface area contributed by atoms with Gasteiger partial charge in [0.15, 0.2) is 5.79 Å². The predicted molar refractivity (Wildman–Crippen MR) is 80.7 cm³/mol. The lowest BCUT2D eigenvalue weighted by molar-refractivity contribution is -0.236. The molecule has 1 fully saturated rings. The minimum atomic E-state index is -0.900. The zero-order valence-electron chi connectivity index (χ0n) is 12.4. The van der Waals surface area contributed by atoms with Crippen LogP contribution in [-0.4, -0.2) is 31.2 Å². The van der Waals surface area contributed by atoms with Crippen LogP contribution in [0, 0.1) is 17.8 Å². The van der Waals surface area contributed by atoms with Crippen molar-refractivity contribution in [3.8, 4) is 0 Å². The average molecular weight is 323 g/mol. The highest BCUT2D eigenvalue weighted by atomic mass is 35.5. The third kappa shape index (κ3) is 2.32. The van der Waals surface area contributed by atoms with E-state index in [9.17, 15) is 5.11 Å². The SMILES string of the molecule is CCCCCC[C@@H]1[C@H](O)[C@@H]2C(Cl)=C(Cl)[C@H]1C2(OC)OC. The van der Waals surface area contributed by atoms with Gasteiger partial charge in [-0.15, -0.1) is 0 Å². The van der Waals surface area contributed by atoms with Gasteiger partial charge in [0.05, 0.1) is 17.9 Å². The van der Waals surface area contributed by atoms with Crippen LogP contribution >= 0.6 is 23.2 Å². The smallest absolute Gasteiger partial charge is 0.185 e. The van der Waals surface area contributed by atoms with E-state index < -0.39 is 11.9 Å². The summed E-state index contributed by atoms with van der Waals surface area (Å²) in [4.78, 5) is 0. The first-order chi connectivity index (χ1) is 9.55. The third-order valence-corrected chi connectivity index (χ3v) is 5.85. The quantitative estimate of drug-likeness (QED) is 0.571. The van der Waals surface area contributed by atoms with E-state index in [2.05, 4.69) is 6.92 Å². The number of methoxy groups -OCH3 is 2. The fourth-order valence-electron chi connectivity index (χ4n) is 3.90. The molecule has 116 valence electrons. The Morgan fingerprint density at radius 2 is 1.65 bits per heavy atom. The summed E-state index contributed by atoms with van der Waals surface area (Å²) in [5, 5.41) is 11.7. The second kappa shape index (κ2) is 6.53. The van der Waals surface area contributed by atoms with Gasteiger partial charge < -0.3 is 14.6 Å². The van der Waals surface area contributed by atoms with Crippen molar-refractivity contribution in [2.45, 2.75) is 50.9 Å². The number of aliphatic hydroxyl groups excluding tert-OH is 1.